The van der Waals surface area contributed by atoms with Crippen molar-refractivity contribution >= 4 is 11.3 Å². The van der Waals surface area contributed by atoms with Gasteiger partial charge >= 0.3 is 0 Å². The monoisotopic (exact) mass is 294 g/mol. The molecule has 6 nitrogen and oxygen atoms in total. The van der Waals surface area contributed by atoms with Crippen LogP contribution in [0.5, 0.6) is 5.75 Å². The van der Waals surface area contributed by atoms with E-state index in [0.717, 1.165) is 42.6 Å². The van der Waals surface area contributed by atoms with Crippen LogP contribution >= 0.6 is 11.3 Å². The maximum atomic E-state index is 5.37. The Hall–Kier alpha value is -1.44. The van der Waals surface area contributed by atoms with Crippen molar-refractivity contribution in [3.8, 4) is 16.5 Å². The molecule has 0 spiro atoms. The van der Waals surface area contributed by atoms with Crippen LogP contribution in [0.15, 0.2) is 16.0 Å². The summed E-state index contributed by atoms with van der Waals surface area (Å²) in [5, 5.41) is 9.39. The van der Waals surface area contributed by atoms with E-state index in [-0.39, 0.29) is 6.04 Å². The third kappa shape index (κ3) is 2.70. The first-order valence-corrected chi connectivity index (χ1v) is 7.57. The zero-order chi connectivity index (χ0) is 13.9. The topological polar surface area (TPSA) is 63.4 Å². The van der Waals surface area contributed by atoms with Crippen molar-refractivity contribution in [1.82, 2.24) is 20.4 Å². The predicted molar refractivity (Wildman–Crippen MR) is 77.0 cm³/mol. The number of rotatable bonds is 4. The lowest BCUT2D eigenvalue weighted by atomic mass is 10.2. The number of ether oxygens (including phenoxy) is 1. The van der Waals surface area contributed by atoms with Crippen molar-refractivity contribution in [2.45, 2.75) is 13.0 Å². The molecule has 108 valence electrons. The van der Waals surface area contributed by atoms with Crippen LogP contribution in [0, 0.1) is 0 Å². The van der Waals surface area contributed by atoms with Crippen LogP contribution in [-0.2, 0) is 0 Å². The molecule has 2 aromatic rings. The molecule has 1 N–H and O–H groups in total. The lowest BCUT2D eigenvalue weighted by Gasteiger charge is -2.30. The van der Waals surface area contributed by atoms with Gasteiger partial charge in [-0.2, -0.15) is 4.98 Å². The Bertz CT molecular complexity index is 562. The van der Waals surface area contributed by atoms with E-state index in [1.165, 1.54) is 0 Å². The van der Waals surface area contributed by atoms with Crippen LogP contribution in [0.25, 0.3) is 10.8 Å². The summed E-state index contributed by atoms with van der Waals surface area (Å²) >= 11 is 1.54. The summed E-state index contributed by atoms with van der Waals surface area (Å²) in [6, 6.07) is 2.09. The van der Waals surface area contributed by atoms with E-state index in [1.54, 1.807) is 18.4 Å². The van der Waals surface area contributed by atoms with E-state index in [0.29, 0.717) is 5.89 Å². The van der Waals surface area contributed by atoms with Crippen LogP contribution in [0.4, 0.5) is 0 Å². The summed E-state index contributed by atoms with van der Waals surface area (Å²) in [6.07, 6.45) is 0. The van der Waals surface area contributed by atoms with Gasteiger partial charge in [-0.3, -0.25) is 4.90 Å². The van der Waals surface area contributed by atoms with Gasteiger partial charge < -0.3 is 14.6 Å². The fourth-order valence-electron chi connectivity index (χ4n) is 2.28. The largest absolute Gasteiger partial charge is 0.496 e. The number of methoxy groups -OCH3 is 1. The summed E-state index contributed by atoms with van der Waals surface area (Å²) in [5.74, 6) is 2.13. The summed E-state index contributed by atoms with van der Waals surface area (Å²) in [5.41, 5.74) is 0. The first-order valence-electron chi connectivity index (χ1n) is 6.69. The Balaban J connectivity index is 1.75. The lowest BCUT2D eigenvalue weighted by Crippen LogP contribution is -2.44. The molecule has 1 saturated heterocycles. The van der Waals surface area contributed by atoms with Crippen molar-refractivity contribution in [3.63, 3.8) is 0 Å². The highest BCUT2D eigenvalue weighted by molar-refractivity contribution is 7.13. The summed E-state index contributed by atoms with van der Waals surface area (Å²) in [6.45, 7) is 6.17. The molecule has 1 unspecified atom stereocenters. The second-order valence-corrected chi connectivity index (χ2v) is 5.68. The molecule has 1 aliphatic heterocycles. The van der Waals surface area contributed by atoms with Gasteiger partial charge in [0.15, 0.2) is 5.82 Å². The maximum Gasteiger partial charge on any atom is 0.268 e. The van der Waals surface area contributed by atoms with Gasteiger partial charge in [-0.1, -0.05) is 5.16 Å². The highest BCUT2D eigenvalue weighted by Gasteiger charge is 2.23. The second-order valence-electron chi connectivity index (χ2n) is 4.77. The van der Waals surface area contributed by atoms with Gasteiger partial charge in [0.25, 0.3) is 5.89 Å². The maximum absolute atomic E-state index is 5.37. The van der Waals surface area contributed by atoms with Crippen molar-refractivity contribution in [2.24, 2.45) is 0 Å². The van der Waals surface area contributed by atoms with E-state index < -0.39 is 0 Å². The van der Waals surface area contributed by atoms with Gasteiger partial charge in [-0.15, -0.1) is 11.3 Å². The molecule has 2 aromatic heterocycles. The second kappa shape index (κ2) is 5.90. The Morgan fingerprint density at radius 1 is 1.45 bits per heavy atom. The minimum Gasteiger partial charge on any atom is -0.496 e. The average molecular weight is 294 g/mol. The third-order valence-corrected chi connectivity index (χ3v) is 4.43. The normalized spacial score (nSPS) is 18.1. The van der Waals surface area contributed by atoms with Crippen LogP contribution in [0.3, 0.4) is 0 Å². The smallest absolute Gasteiger partial charge is 0.268 e. The zero-order valence-corrected chi connectivity index (χ0v) is 12.4. The third-order valence-electron chi connectivity index (χ3n) is 3.54. The number of hydrogen-bond acceptors (Lipinski definition) is 7. The number of nitrogens with one attached hydrogen (secondary N) is 1. The molecule has 20 heavy (non-hydrogen) atoms. The van der Waals surface area contributed by atoms with Gasteiger partial charge in [0.05, 0.1) is 18.0 Å². The quantitative estimate of drug-likeness (QED) is 0.927. The molecule has 0 saturated carbocycles. The van der Waals surface area contributed by atoms with Crippen LogP contribution < -0.4 is 10.1 Å². The fraction of sp³-hybridized carbons (Fsp3) is 0.538. The highest BCUT2D eigenvalue weighted by Crippen LogP contribution is 2.30. The van der Waals surface area contributed by atoms with E-state index in [2.05, 4.69) is 27.3 Å². The summed E-state index contributed by atoms with van der Waals surface area (Å²) in [4.78, 5) is 7.82. The molecule has 0 aromatic carbocycles. The van der Waals surface area contributed by atoms with Crippen LogP contribution in [-0.4, -0.2) is 48.3 Å². The van der Waals surface area contributed by atoms with Gasteiger partial charge in [-0.25, -0.2) is 0 Å². The van der Waals surface area contributed by atoms with Gasteiger partial charge in [0.1, 0.15) is 5.75 Å². The standard InChI is InChI=1S/C13H18N4O2S/c1-9(17-5-3-14-4-6-17)12-15-13(19-16-12)11-7-10(18-2)8-20-11/h7-9,14H,3-6H2,1-2H3. The highest BCUT2D eigenvalue weighted by atomic mass is 32.1. The molecular weight excluding hydrogens is 276 g/mol. The lowest BCUT2D eigenvalue weighted by molar-refractivity contribution is 0.176. The number of nitrogens with zero attached hydrogens (tertiary/aromatic N) is 3. The van der Waals surface area contributed by atoms with Crippen molar-refractivity contribution in [1.29, 1.82) is 0 Å². The fourth-order valence-corrected chi connectivity index (χ4v) is 3.05. The average Bonchev–Trinajstić information content (AvgIpc) is 3.16. The summed E-state index contributed by atoms with van der Waals surface area (Å²) in [7, 11) is 1.65. The molecule has 1 fully saturated rings. The molecule has 3 rings (SSSR count). The Kier molecular flexibility index (Phi) is 4.00. The molecular formula is C13H18N4O2S. The van der Waals surface area contributed by atoms with Gasteiger partial charge in [-0.05, 0) is 6.92 Å². The SMILES string of the molecule is COc1csc(-c2nc(C(C)N3CCNCC3)no2)c1. The molecule has 0 bridgehead atoms. The molecule has 7 heteroatoms. The molecule has 3 heterocycles. The molecule has 0 radical (unpaired) electrons. The van der Waals surface area contributed by atoms with Gasteiger partial charge in [0.2, 0.25) is 0 Å². The van der Waals surface area contributed by atoms with Crippen LogP contribution in [0.2, 0.25) is 0 Å². The number of thiophene rings is 1. The zero-order valence-electron chi connectivity index (χ0n) is 11.6. The first-order chi connectivity index (χ1) is 9.78. The molecule has 1 aliphatic rings. The minimum absolute atomic E-state index is 0.177. The number of piperazine rings is 1. The van der Waals surface area contributed by atoms with E-state index in [4.69, 9.17) is 9.26 Å². The first kappa shape index (κ1) is 13.5. The number of aromatic nitrogens is 2. The Labute approximate surface area is 121 Å². The van der Waals surface area contributed by atoms with Gasteiger partial charge in [0, 0.05) is 37.6 Å². The Morgan fingerprint density at radius 2 is 2.25 bits per heavy atom. The molecule has 1 atom stereocenters. The van der Waals surface area contributed by atoms with Crippen molar-refractivity contribution in [3.05, 3.63) is 17.3 Å². The van der Waals surface area contributed by atoms with E-state index >= 15 is 0 Å². The molecule has 0 amide bonds. The predicted octanol–water partition coefficient (Wildman–Crippen LogP) is 1.77. The minimum atomic E-state index is 0.177. The van der Waals surface area contributed by atoms with Crippen molar-refractivity contribution in [2.75, 3.05) is 33.3 Å². The Morgan fingerprint density at radius 3 is 2.95 bits per heavy atom. The summed E-state index contributed by atoms with van der Waals surface area (Å²) < 4.78 is 10.5. The van der Waals surface area contributed by atoms with Crippen LogP contribution in [0.1, 0.15) is 18.8 Å². The van der Waals surface area contributed by atoms with E-state index in [1.807, 2.05) is 11.4 Å². The van der Waals surface area contributed by atoms with E-state index in [9.17, 15) is 0 Å². The number of hydrogen-bond donors (Lipinski definition) is 1. The van der Waals surface area contributed by atoms with Crippen molar-refractivity contribution < 1.29 is 9.26 Å². The molecule has 0 aliphatic carbocycles.